The van der Waals surface area contributed by atoms with Crippen molar-refractivity contribution in [3.63, 3.8) is 0 Å². The molecule has 2 saturated heterocycles. The molecule has 0 aromatic heterocycles. The number of hydrogen-bond acceptors (Lipinski definition) is 3. The number of rotatable bonds is 1. The molecular weight excluding hydrogens is 174 g/mol. The minimum atomic E-state index is 0.670. The third-order valence-corrected chi connectivity index (χ3v) is 3.51. The summed E-state index contributed by atoms with van der Waals surface area (Å²) in [7, 11) is 2.24. The molecule has 1 N–H and O–H groups in total. The zero-order chi connectivity index (χ0) is 9.97. The minimum absolute atomic E-state index is 0.670. The quantitative estimate of drug-likeness (QED) is 0.655. The molecule has 0 aliphatic carbocycles. The van der Waals surface area contributed by atoms with E-state index in [2.05, 4.69) is 29.1 Å². The molecule has 2 aliphatic rings. The summed E-state index contributed by atoms with van der Waals surface area (Å²) in [5, 5.41) is 3.55. The number of nitrogens with zero attached hydrogens (tertiary/aromatic N) is 2. The molecule has 0 spiro atoms. The zero-order valence-electron chi connectivity index (χ0n) is 9.50. The second kappa shape index (κ2) is 4.60. The Morgan fingerprint density at radius 1 is 1.21 bits per heavy atom. The lowest BCUT2D eigenvalue weighted by atomic mass is 10.2. The van der Waals surface area contributed by atoms with Gasteiger partial charge in [-0.2, -0.15) is 0 Å². The van der Waals surface area contributed by atoms with Gasteiger partial charge in [-0.05, 0) is 46.4 Å². The standard InChI is InChI=1S/C11H23N3/c1-10-8-14(6-3-5-12-10)11-4-7-13(2)9-11/h10-12H,3-9H2,1-2H3. The van der Waals surface area contributed by atoms with Gasteiger partial charge in [-0.15, -0.1) is 0 Å². The van der Waals surface area contributed by atoms with E-state index in [1.54, 1.807) is 0 Å². The smallest absolute Gasteiger partial charge is 0.0235 e. The normalized spacial score (nSPS) is 37.3. The summed E-state index contributed by atoms with van der Waals surface area (Å²) in [6, 6.07) is 1.49. The largest absolute Gasteiger partial charge is 0.313 e. The first-order valence-electron chi connectivity index (χ1n) is 5.91. The maximum absolute atomic E-state index is 3.55. The van der Waals surface area contributed by atoms with Gasteiger partial charge in [0.1, 0.15) is 0 Å². The van der Waals surface area contributed by atoms with Gasteiger partial charge in [0.2, 0.25) is 0 Å². The maximum atomic E-state index is 3.55. The van der Waals surface area contributed by atoms with E-state index < -0.39 is 0 Å². The molecule has 2 aliphatic heterocycles. The molecule has 0 bridgehead atoms. The molecule has 0 radical (unpaired) electrons. The van der Waals surface area contributed by atoms with Gasteiger partial charge < -0.3 is 10.2 Å². The predicted octanol–water partition coefficient (Wildman–Crippen LogP) is 0.374. The van der Waals surface area contributed by atoms with Crippen molar-refractivity contribution in [1.29, 1.82) is 0 Å². The Kier molecular flexibility index (Phi) is 3.42. The van der Waals surface area contributed by atoms with E-state index in [4.69, 9.17) is 0 Å². The highest BCUT2D eigenvalue weighted by Crippen LogP contribution is 2.15. The molecule has 0 saturated carbocycles. The van der Waals surface area contributed by atoms with Crippen LogP contribution < -0.4 is 5.32 Å². The van der Waals surface area contributed by atoms with Crippen LogP contribution >= 0.6 is 0 Å². The van der Waals surface area contributed by atoms with Gasteiger partial charge in [-0.1, -0.05) is 0 Å². The lowest BCUT2D eigenvalue weighted by Gasteiger charge is -2.28. The summed E-state index contributed by atoms with van der Waals surface area (Å²) in [5.41, 5.74) is 0. The molecule has 3 nitrogen and oxygen atoms in total. The first-order chi connectivity index (χ1) is 6.75. The van der Waals surface area contributed by atoms with Crippen LogP contribution in [0, 0.1) is 0 Å². The third kappa shape index (κ3) is 2.47. The lowest BCUT2D eigenvalue weighted by Crippen LogP contribution is -2.42. The van der Waals surface area contributed by atoms with Gasteiger partial charge in [-0.3, -0.25) is 4.90 Å². The van der Waals surface area contributed by atoms with E-state index in [1.165, 1.54) is 45.6 Å². The van der Waals surface area contributed by atoms with Crippen molar-refractivity contribution in [2.45, 2.75) is 31.8 Å². The van der Waals surface area contributed by atoms with Crippen LogP contribution in [-0.2, 0) is 0 Å². The fourth-order valence-electron chi connectivity index (χ4n) is 2.68. The maximum Gasteiger partial charge on any atom is 0.0235 e. The van der Waals surface area contributed by atoms with Crippen molar-refractivity contribution in [2.75, 3.05) is 39.8 Å². The van der Waals surface area contributed by atoms with Gasteiger partial charge in [0, 0.05) is 25.2 Å². The van der Waals surface area contributed by atoms with E-state index in [0.717, 1.165) is 6.04 Å². The third-order valence-electron chi connectivity index (χ3n) is 3.51. The summed E-state index contributed by atoms with van der Waals surface area (Å²) in [6.45, 7) is 8.57. The first-order valence-corrected chi connectivity index (χ1v) is 5.91. The van der Waals surface area contributed by atoms with Gasteiger partial charge in [0.25, 0.3) is 0 Å². The molecule has 0 aromatic rings. The fourth-order valence-corrected chi connectivity index (χ4v) is 2.68. The monoisotopic (exact) mass is 197 g/mol. The molecule has 2 atom stereocenters. The van der Waals surface area contributed by atoms with Crippen LogP contribution in [0.3, 0.4) is 0 Å². The lowest BCUT2D eigenvalue weighted by molar-refractivity contribution is 0.197. The average molecular weight is 197 g/mol. The molecule has 0 aromatic carbocycles. The van der Waals surface area contributed by atoms with Gasteiger partial charge in [0.05, 0.1) is 0 Å². The fraction of sp³-hybridized carbons (Fsp3) is 1.00. The van der Waals surface area contributed by atoms with E-state index >= 15 is 0 Å². The summed E-state index contributed by atoms with van der Waals surface area (Å²) in [5.74, 6) is 0. The summed E-state index contributed by atoms with van der Waals surface area (Å²) in [4.78, 5) is 5.14. The Morgan fingerprint density at radius 3 is 2.79 bits per heavy atom. The summed E-state index contributed by atoms with van der Waals surface area (Å²) in [6.07, 6.45) is 2.67. The van der Waals surface area contributed by atoms with Crippen molar-refractivity contribution >= 4 is 0 Å². The summed E-state index contributed by atoms with van der Waals surface area (Å²) < 4.78 is 0. The van der Waals surface area contributed by atoms with Crippen molar-refractivity contribution < 1.29 is 0 Å². The van der Waals surface area contributed by atoms with Crippen LogP contribution in [0.5, 0.6) is 0 Å². The number of hydrogen-bond donors (Lipinski definition) is 1. The molecule has 3 heteroatoms. The Bertz CT molecular complexity index is 183. The van der Waals surface area contributed by atoms with E-state index in [1.807, 2.05) is 0 Å². The first kappa shape index (κ1) is 10.4. The van der Waals surface area contributed by atoms with Crippen LogP contribution in [0.2, 0.25) is 0 Å². The van der Waals surface area contributed by atoms with Gasteiger partial charge in [-0.25, -0.2) is 0 Å². The van der Waals surface area contributed by atoms with Crippen LogP contribution in [0.1, 0.15) is 19.8 Å². The van der Waals surface area contributed by atoms with Crippen LogP contribution in [-0.4, -0.2) is 61.7 Å². The molecule has 2 rings (SSSR count). The number of likely N-dealkylation sites (tertiary alicyclic amines) is 1. The van der Waals surface area contributed by atoms with Gasteiger partial charge >= 0.3 is 0 Å². The Morgan fingerprint density at radius 2 is 2.07 bits per heavy atom. The highest BCUT2D eigenvalue weighted by Gasteiger charge is 2.27. The van der Waals surface area contributed by atoms with E-state index in [9.17, 15) is 0 Å². The second-order valence-electron chi connectivity index (χ2n) is 4.91. The van der Waals surface area contributed by atoms with E-state index in [0.29, 0.717) is 6.04 Å². The predicted molar refractivity (Wildman–Crippen MR) is 59.6 cm³/mol. The Balaban J connectivity index is 1.88. The van der Waals surface area contributed by atoms with E-state index in [-0.39, 0.29) is 0 Å². The molecule has 82 valence electrons. The van der Waals surface area contributed by atoms with Crippen molar-refractivity contribution in [1.82, 2.24) is 15.1 Å². The molecule has 2 fully saturated rings. The van der Waals surface area contributed by atoms with Crippen LogP contribution in [0.4, 0.5) is 0 Å². The minimum Gasteiger partial charge on any atom is -0.313 e. The van der Waals surface area contributed by atoms with Crippen LogP contribution in [0.25, 0.3) is 0 Å². The zero-order valence-corrected chi connectivity index (χ0v) is 9.50. The molecular formula is C11H23N3. The van der Waals surface area contributed by atoms with Crippen molar-refractivity contribution in [3.05, 3.63) is 0 Å². The number of likely N-dealkylation sites (N-methyl/N-ethyl adjacent to an activating group) is 1. The molecule has 2 heterocycles. The topological polar surface area (TPSA) is 18.5 Å². The SMILES string of the molecule is CC1CN(C2CCN(C)C2)CCCN1. The van der Waals surface area contributed by atoms with Crippen molar-refractivity contribution in [2.24, 2.45) is 0 Å². The van der Waals surface area contributed by atoms with Crippen molar-refractivity contribution in [3.8, 4) is 0 Å². The highest BCUT2D eigenvalue weighted by atomic mass is 15.3. The molecule has 14 heavy (non-hydrogen) atoms. The Labute approximate surface area is 87.4 Å². The second-order valence-corrected chi connectivity index (χ2v) is 4.91. The van der Waals surface area contributed by atoms with Crippen LogP contribution in [0.15, 0.2) is 0 Å². The molecule has 0 amide bonds. The summed E-state index contributed by atoms with van der Waals surface area (Å²) >= 11 is 0. The van der Waals surface area contributed by atoms with Gasteiger partial charge in [0.15, 0.2) is 0 Å². The molecule has 2 unspecified atom stereocenters. The average Bonchev–Trinajstić information content (AvgIpc) is 2.45. The number of nitrogens with one attached hydrogen (secondary N) is 1. The Hall–Kier alpha value is -0.120. The highest BCUT2D eigenvalue weighted by molar-refractivity contribution is 4.85.